The van der Waals surface area contributed by atoms with E-state index in [0.717, 1.165) is 19.3 Å². The molecule has 0 heterocycles. The first kappa shape index (κ1) is 15.2. The number of ether oxygens (including phenoxy) is 1. The van der Waals surface area contributed by atoms with Crippen LogP contribution in [0.4, 0.5) is 5.69 Å². The Morgan fingerprint density at radius 1 is 1.11 bits per heavy atom. The fraction of sp³-hybridized carbons (Fsp3) is 0.467. The van der Waals surface area contributed by atoms with Crippen LogP contribution in [0, 0.1) is 0 Å². The maximum absolute atomic E-state index is 11.6. The topological polar surface area (TPSA) is 55.4 Å². The van der Waals surface area contributed by atoms with E-state index in [1.165, 1.54) is 0 Å². The van der Waals surface area contributed by atoms with E-state index in [-0.39, 0.29) is 11.9 Å². The predicted molar refractivity (Wildman–Crippen MR) is 75.2 cm³/mol. The number of benzene rings is 1. The second kappa shape index (κ2) is 8.29. The van der Waals surface area contributed by atoms with Crippen molar-refractivity contribution in [1.82, 2.24) is 0 Å². The number of hydrogen-bond donors (Lipinski definition) is 1. The third-order valence-electron chi connectivity index (χ3n) is 2.60. The van der Waals surface area contributed by atoms with Crippen LogP contribution in [0.25, 0.3) is 0 Å². The van der Waals surface area contributed by atoms with Gasteiger partial charge in [0.05, 0.1) is 12.2 Å². The van der Waals surface area contributed by atoms with Gasteiger partial charge in [-0.2, -0.15) is 0 Å². The molecule has 1 rings (SSSR count). The Morgan fingerprint density at radius 2 is 1.79 bits per heavy atom. The molecule has 104 valence electrons. The van der Waals surface area contributed by atoms with Crippen LogP contribution in [-0.2, 0) is 9.53 Å². The molecular weight excluding hydrogens is 242 g/mol. The monoisotopic (exact) mass is 263 g/mol. The standard InChI is InChI=1S/C15H21NO3/c1-3-5-6-14(17)16-13-9-7-12(8-10-13)15(18)19-11-4-2/h7-10H,3-6,11H2,1-2H3,(H,16,17). The van der Waals surface area contributed by atoms with E-state index in [4.69, 9.17) is 4.74 Å². The van der Waals surface area contributed by atoms with E-state index in [1.807, 2.05) is 13.8 Å². The number of hydrogen-bond acceptors (Lipinski definition) is 3. The third kappa shape index (κ3) is 5.55. The van der Waals surface area contributed by atoms with Gasteiger partial charge < -0.3 is 10.1 Å². The van der Waals surface area contributed by atoms with Crippen molar-refractivity contribution < 1.29 is 14.3 Å². The van der Waals surface area contributed by atoms with Gasteiger partial charge >= 0.3 is 5.97 Å². The molecule has 1 aromatic carbocycles. The number of amides is 1. The summed E-state index contributed by atoms with van der Waals surface area (Å²) in [4.78, 5) is 23.1. The lowest BCUT2D eigenvalue weighted by molar-refractivity contribution is -0.116. The molecule has 1 aromatic rings. The van der Waals surface area contributed by atoms with Crippen LogP contribution in [0.15, 0.2) is 24.3 Å². The molecule has 4 heteroatoms. The Bertz CT molecular complexity index is 412. The second-order valence-electron chi connectivity index (χ2n) is 4.36. The normalized spacial score (nSPS) is 10.0. The highest BCUT2D eigenvalue weighted by Gasteiger charge is 2.07. The summed E-state index contributed by atoms with van der Waals surface area (Å²) >= 11 is 0. The highest BCUT2D eigenvalue weighted by molar-refractivity contribution is 5.93. The zero-order chi connectivity index (χ0) is 14.1. The lowest BCUT2D eigenvalue weighted by Gasteiger charge is -2.06. The SMILES string of the molecule is CCCCC(=O)Nc1ccc(C(=O)OCCC)cc1. The summed E-state index contributed by atoms with van der Waals surface area (Å²) in [5.41, 5.74) is 1.20. The first-order chi connectivity index (χ1) is 9.17. The number of carbonyl (C=O) groups is 2. The van der Waals surface area contributed by atoms with Gasteiger partial charge in [-0.05, 0) is 37.1 Å². The van der Waals surface area contributed by atoms with Crippen LogP contribution in [0.3, 0.4) is 0 Å². The molecule has 0 saturated carbocycles. The van der Waals surface area contributed by atoms with Crippen LogP contribution in [0.1, 0.15) is 49.9 Å². The Balaban J connectivity index is 2.51. The average molecular weight is 263 g/mol. The summed E-state index contributed by atoms with van der Waals surface area (Å²) in [6.45, 7) is 4.42. The van der Waals surface area contributed by atoms with Crippen molar-refractivity contribution in [1.29, 1.82) is 0 Å². The van der Waals surface area contributed by atoms with Crippen LogP contribution in [0.5, 0.6) is 0 Å². The molecule has 0 spiro atoms. The molecule has 1 amide bonds. The number of nitrogens with one attached hydrogen (secondary N) is 1. The quantitative estimate of drug-likeness (QED) is 0.767. The Labute approximate surface area is 114 Å². The second-order valence-corrected chi connectivity index (χ2v) is 4.36. The van der Waals surface area contributed by atoms with Crippen molar-refractivity contribution >= 4 is 17.6 Å². The minimum atomic E-state index is -0.328. The molecule has 0 aliphatic carbocycles. The molecule has 19 heavy (non-hydrogen) atoms. The van der Waals surface area contributed by atoms with Gasteiger partial charge in [0.1, 0.15) is 0 Å². The van der Waals surface area contributed by atoms with Crippen molar-refractivity contribution in [3.8, 4) is 0 Å². The smallest absolute Gasteiger partial charge is 0.338 e. The van der Waals surface area contributed by atoms with E-state index in [0.29, 0.717) is 24.3 Å². The van der Waals surface area contributed by atoms with E-state index in [9.17, 15) is 9.59 Å². The first-order valence-corrected chi connectivity index (χ1v) is 6.74. The van der Waals surface area contributed by atoms with Gasteiger partial charge in [-0.15, -0.1) is 0 Å². The molecule has 0 saturated heterocycles. The largest absolute Gasteiger partial charge is 0.462 e. The van der Waals surface area contributed by atoms with Gasteiger partial charge in [-0.3, -0.25) is 4.79 Å². The fourth-order valence-electron chi connectivity index (χ4n) is 1.53. The van der Waals surface area contributed by atoms with Crippen LogP contribution >= 0.6 is 0 Å². The Hall–Kier alpha value is -1.84. The number of unbranched alkanes of at least 4 members (excludes halogenated alkanes) is 1. The molecule has 0 aromatic heterocycles. The summed E-state index contributed by atoms with van der Waals surface area (Å²) in [7, 11) is 0. The maximum Gasteiger partial charge on any atom is 0.338 e. The number of carbonyl (C=O) groups excluding carboxylic acids is 2. The Morgan fingerprint density at radius 3 is 2.37 bits per heavy atom. The van der Waals surface area contributed by atoms with Crippen molar-refractivity contribution in [2.45, 2.75) is 39.5 Å². The molecule has 0 radical (unpaired) electrons. The molecule has 0 atom stereocenters. The minimum Gasteiger partial charge on any atom is -0.462 e. The van der Waals surface area contributed by atoms with Gasteiger partial charge in [-0.25, -0.2) is 4.79 Å². The van der Waals surface area contributed by atoms with Crippen LogP contribution in [-0.4, -0.2) is 18.5 Å². The van der Waals surface area contributed by atoms with Gasteiger partial charge in [0.15, 0.2) is 0 Å². The molecular formula is C15H21NO3. The van der Waals surface area contributed by atoms with Crippen molar-refractivity contribution in [2.75, 3.05) is 11.9 Å². The minimum absolute atomic E-state index is 0.00293. The highest BCUT2D eigenvalue weighted by atomic mass is 16.5. The number of rotatable bonds is 7. The number of anilines is 1. The zero-order valence-corrected chi connectivity index (χ0v) is 11.6. The average Bonchev–Trinajstić information content (AvgIpc) is 2.43. The summed E-state index contributed by atoms with van der Waals surface area (Å²) < 4.78 is 5.03. The van der Waals surface area contributed by atoms with E-state index in [2.05, 4.69) is 5.32 Å². The summed E-state index contributed by atoms with van der Waals surface area (Å²) in [5, 5.41) is 2.79. The van der Waals surface area contributed by atoms with Gasteiger partial charge in [0.2, 0.25) is 5.91 Å². The first-order valence-electron chi connectivity index (χ1n) is 6.74. The van der Waals surface area contributed by atoms with Crippen molar-refractivity contribution in [3.05, 3.63) is 29.8 Å². The predicted octanol–water partition coefficient (Wildman–Crippen LogP) is 3.38. The van der Waals surface area contributed by atoms with Crippen molar-refractivity contribution in [2.24, 2.45) is 0 Å². The molecule has 0 fully saturated rings. The van der Waals surface area contributed by atoms with Gasteiger partial charge in [0, 0.05) is 12.1 Å². The van der Waals surface area contributed by atoms with E-state index in [1.54, 1.807) is 24.3 Å². The number of esters is 1. The molecule has 0 aliphatic rings. The molecule has 1 N–H and O–H groups in total. The lowest BCUT2D eigenvalue weighted by atomic mass is 10.2. The molecule has 0 aliphatic heterocycles. The molecule has 4 nitrogen and oxygen atoms in total. The third-order valence-corrected chi connectivity index (χ3v) is 2.60. The molecule has 0 bridgehead atoms. The zero-order valence-electron chi connectivity index (χ0n) is 11.6. The van der Waals surface area contributed by atoms with E-state index < -0.39 is 0 Å². The van der Waals surface area contributed by atoms with Crippen LogP contribution in [0.2, 0.25) is 0 Å². The summed E-state index contributed by atoms with van der Waals surface area (Å²) in [5.74, 6) is -0.325. The molecule has 0 unspecified atom stereocenters. The van der Waals surface area contributed by atoms with Crippen LogP contribution < -0.4 is 5.32 Å². The van der Waals surface area contributed by atoms with Crippen molar-refractivity contribution in [3.63, 3.8) is 0 Å². The Kier molecular flexibility index (Phi) is 6.64. The van der Waals surface area contributed by atoms with Gasteiger partial charge in [-0.1, -0.05) is 20.3 Å². The fourth-order valence-corrected chi connectivity index (χ4v) is 1.53. The summed E-state index contributed by atoms with van der Waals surface area (Å²) in [6, 6.07) is 6.75. The highest BCUT2D eigenvalue weighted by Crippen LogP contribution is 2.11. The maximum atomic E-state index is 11.6. The summed E-state index contributed by atoms with van der Waals surface area (Å²) in [6.07, 6.45) is 3.21. The van der Waals surface area contributed by atoms with E-state index >= 15 is 0 Å². The van der Waals surface area contributed by atoms with Gasteiger partial charge in [0.25, 0.3) is 0 Å². The lowest BCUT2D eigenvalue weighted by Crippen LogP contribution is -2.11.